The summed E-state index contributed by atoms with van der Waals surface area (Å²) in [5, 5.41) is 5.92. The third-order valence-corrected chi connectivity index (χ3v) is 5.14. The van der Waals surface area contributed by atoms with E-state index in [9.17, 15) is 14.0 Å². The summed E-state index contributed by atoms with van der Waals surface area (Å²) >= 11 is 1.29. The first-order chi connectivity index (χ1) is 14.7. The van der Waals surface area contributed by atoms with E-state index in [0.717, 1.165) is 28.8 Å². The van der Waals surface area contributed by atoms with Gasteiger partial charge in [0.05, 0.1) is 28.2 Å². The van der Waals surface area contributed by atoms with Gasteiger partial charge in [-0.25, -0.2) is 14.2 Å². The highest BCUT2D eigenvalue weighted by Gasteiger charge is 2.18. The molecular weight excluding hydrogens is 419 g/mol. The van der Waals surface area contributed by atoms with E-state index in [1.54, 1.807) is 20.8 Å². The standard InChI is InChI=1S/C22H25FN4O3S/c1-5-27-18-9-7-6-8-16(18)25-20(27)31-13-19(28)24-17-12-14(23)10-11-15(17)26-21(29)30-22(2,3)4/h6-12H,5,13H2,1-4H3,(H,24,28)(H,26,29). The minimum absolute atomic E-state index is 0.0751. The molecular formula is C22H25FN4O3S. The Morgan fingerprint density at radius 2 is 1.87 bits per heavy atom. The topological polar surface area (TPSA) is 85.2 Å². The van der Waals surface area contributed by atoms with Crippen molar-refractivity contribution in [3.05, 3.63) is 48.3 Å². The molecule has 0 aliphatic carbocycles. The lowest BCUT2D eigenvalue weighted by Crippen LogP contribution is -2.27. The van der Waals surface area contributed by atoms with Crippen molar-refractivity contribution in [1.29, 1.82) is 0 Å². The number of amides is 2. The molecule has 2 aromatic carbocycles. The number of nitrogens with one attached hydrogen (secondary N) is 2. The van der Waals surface area contributed by atoms with E-state index in [-0.39, 0.29) is 23.0 Å². The fourth-order valence-corrected chi connectivity index (χ4v) is 3.81. The first kappa shape index (κ1) is 22.6. The van der Waals surface area contributed by atoms with Gasteiger partial charge >= 0.3 is 6.09 Å². The smallest absolute Gasteiger partial charge is 0.412 e. The Morgan fingerprint density at radius 3 is 2.58 bits per heavy atom. The molecule has 0 spiro atoms. The van der Waals surface area contributed by atoms with Gasteiger partial charge in [0.25, 0.3) is 0 Å². The van der Waals surface area contributed by atoms with E-state index in [4.69, 9.17) is 4.74 Å². The molecule has 0 aliphatic heterocycles. The van der Waals surface area contributed by atoms with Gasteiger partial charge in [0, 0.05) is 6.54 Å². The van der Waals surface area contributed by atoms with Gasteiger partial charge < -0.3 is 14.6 Å². The van der Waals surface area contributed by atoms with Gasteiger partial charge in [0.15, 0.2) is 5.16 Å². The Bertz CT molecular complexity index is 1110. The normalized spacial score (nSPS) is 11.4. The van der Waals surface area contributed by atoms with Crippen molar-refractivity contribution in [1.82, 2.24) is 9.55 Å². The monoisotopic (exact) mass is 444 g/mol. The Morgan fingerprint density at radius 1 is 1.13 bits per heavy atom. The second-order valence-electron chi connectivity index (χ2n) is 7.78. The number of anilines is 2. The van der Waals surface area contributed by atoms with Crippen LogP contribution in [0, 0.1) is 5.82 Å². The number of nitrogens with zero attached hydrogens (tertiary/aromatic N) is 2. The lowest BCUT2D eigenvalue weighted by atomic mass is 10.2. The van der Waals surface area contributed by atoms with E-state index >= 15 is 0 Å². The molecule has 0 unspecified atom stereocenters. The summed E-state index contributed by atoms with van der Waals surface area (Å²) in [6.45, 7) is 7.94. The van der Waals surface area contributed by atoms with Crippen LogP contribution in [-0.4, -0.2) is 32.9 Å². The molecule has 1 aromatic heterocycles. The Labute approximate surface area is 184 Å². The van der Waals surface area contributed by atoms with Crippen LogP contribution in [0.3, 0.4) is 0 Å². The zero-order valence-corrected chi connectivity index (χ0v) is 18.7. The van der Waals surface area contributed by atoms with Crippen LogP contribution in [0.25, 0.3) is 11.0 Å². The molecule has 31 heavy (non-hydrogen) atoms. The Hall–Kier alpha value is -3.07. The maximum atomic E-state index is 13.8. The second kappa shape index (κ2) is 9.38. The van der Waals surface area contributed by atoms with E-state index in [2.05, 4.69) is 15.6 Å². The lowest BCUT2D eigenvalue weighted by Gasteiger charge is -2.20. The summed E-state index contributed by atoms with van der Waals surface area (Å²) in [6.07, 6.45) is -0.694. The van der Waals surface area contributed by atoms with Crippen LogP contribution in [-0.2, 0) is 16.1 Å². The number of imidazole rings is 1. The first-order valence-corrected chi connectivity index (χ1v) is 10.8. The number of benzene rings is 2. The zero-order chi connectivity index (χ0) is 22.6. The molecule has 7 nitrogen and oxygen atoms in total. The molecule has 0 atom stereocenters. The quantitative estimate of drug-likeness (QED) is 0.506. The third kappa shape index (κ3) is 5.97. The third-order valence-electron chi connectivity index (χ3n) is 4.16. The van der Waals surface area contributed by atoms with Crippen LogP contribution in [0.2, 0.25) is 0 Å². The molecule has 0 saturated carbocycles. The van der Waals surface area contributed by atoms with E-state index < -0.39 is 17.5 Å². The highest BCUT2D eigenvalue weighted by atomic mass is 32.2. The summed E-state index contributed by atoms with van der Waals surface area (Å²) in [5.74, 6) is -0.811. The number of hydrogen-bond donors (Lipinski definition) is 2. The maximum Gasteiger partial charge on any atom is 0.412 e. The number of ether oxygens (including phenoxy) is 1. The van der Waals surface area contributed by atoms with Gasteiger partial charge in [-0.2, -0.15) is 0 Å². The number of aryl methyl sites for hydroxylation is 1. The number of carbonyl (C=O) groups is 2. The van der Waals surface area contributed by atoms with Gasteiger partial charge in [-0.3, -0.25) is 10.1 Å². The van der Waals surface area contributed by atoms with Crippen LogP contribution in [0.15, 0.2) is 47.6 Å². The van der Waals surface area contributed by atoms with Crippen molar-refractivity contribution in [3.8, 4) is 0 Å². The van der Waals surface area contributed by atoms with Crippen molar-refractivity contribution in [3.63, 3.8) is 0 Å². The number of carbonyl (C=O) groups excluding carboxylic acids is 2. The summed E-state index contributed by atoms with van der Waals surface area (Å²) < 4.78 is 21.0. The summed E-state index contributed by atoms with van der Waals surface area (Å²) in [4.78, 5) is 29.2. The SMILES string of the molecule is CCn1c(SCC(=O)Nc2cc(F)ccc2NC(=O)OC(C)(C)C)nc2ccccc21. The number of fused-ring (bicyclic) bond motifs is 1. The predicted octanol–water partition coefficient (Wildman–Crippen LogP) is 5.27. The fourth-order valence-electron chi connectivity index (χ4n) is 2.93. The molecule has 0 bridgehead atoms. The molecule has 2 amide bonds. The minimum atomic E-state index is -0.694. The van der Waals surface area contributed by atoms with Crippen LogP contribution < -0.4 is 10.6 Å². The number of rotatable bonds is 6. The number of aromatic nitrogens is 2. The van der Waals surface area contributed by atoms with Gasteiger partial charge in [-0.15, -0.1) is 0 Å². The van der Waals surface area contributed by atoms with Gasteiger partial charge in [-0.1, -0.05) is 23.9 Å². The zero-order valence-electron chi connectivity index (χ0n) is 17.9. The summed E-state index contributed by atoms with van der Waals surface area (Å²) in [6, 6.07) is 11.5. The molecule has 0 saturated heterocycles. The van der Waals surface area contributed by atoms with Crippen LogP contribution >= 0.6 is 11.8 Å². The number of thioether (sulfide) groups is 1. The fraction of sp³-hybridized carbons (Fsp3) is 0.318. The molecule has 1 heterocycles. The molecule has 3 aromatic rings. The molecule has 164 valence electrons. The number of para-hydroxylation sites is 2. The first-order valence-electron chi connectivity index (χ1n) is 9.83. The number of hydrogen-bond acceptors (Lipinski definition) is 5. The minimum Gasteiger partial charge on any atom is -0.444 e. The molecule has 0 fully saturated rings. The van der Waals surface area contributed by atoms with Crippen molar-refractivity contribution >= 4 is 46.2 Å². The molecule has 9 heteroatoms. The Balaban J connectivity index is 1.69. The maximum absolute atomic E-state index is 13.8. The highest BCUT2D eigenvalue weighted by molar-refractivity contribution is 7.99. The van der Waals surface area contributed by atoms with Crippen molar-refractivity contribution < 1.29 is 18.7 Å². The van der Waals surface area contributed by atoms with E-state index in [0.29, 0.717) is 0 Å². The van der Waals surface area contributed by atoms with Crippen LogP contribution in [0.4, 0.5) is 20.6 Å². The second-order valence-corrected chi connectivity index (χ2v) is 8.72. The average molecular weight is 445 g/mol. The van der Waals surface area contributed by atoms with Crippen molar-refractivity contribution in [2.75, 3.05) is 16.4 Å². The molecule has 2 N–H and O–H groups in total. The van der Waals surface area contributed by atoms with Gasteiger partial charge in [0.2, 0.25) is 5.91 Å². The number of halogens is 1. The molecule has 0 aliphatic rings. The van der Waals surface area contributed by atoms with Gasteiger partial charge in [-0.05, 0) is 58.0 Å². The van der Waals surface area contributed by atoms with Crippen molar-refractivity contribution in [2.24, 2.45) is 0 Å². The van der Waals surface area contributed by atoms with Crippen LogP contribution in [0.5, 0.6) is 0 Å². The highest BCUT2D eigenvalue weighted by Crippen LogP contribution is 2.26. The van der Waals surface area contributed by atoms with E-state index in [1.165, 1.54) is 23.9 Å². The average Bonchev–Trinajstić information content (AvgIpc) is 3.04. The summed E-state index contributed by atoms with van der Waals surface area (Å²) in [5.41, 5.74) is 1.58. The molecule has 0 radical (unpaired) electrons. The molecule has 3 rings (SSSR count). The Kier molecular flexibility index (Phi) is 6.84. The van der Waals surface area contributed by atoms with Gasteiger partial charge in [0.1, 0.15) is 11.4 Å². The van der Waals surface area contributed by atoms with Crippen LogP contribution in [0.1, 0.15) is 27.7 Å². The summed E-state index contributed by atoms with van der Waals surface area (Å²) in [7, 11) is 0. The van der Waals surface area contributed by atoms with Crippen molar-refractivity contribution in [2.45, 2.75) is 45.0 Å². The van der Waals surface area contributed by atoms with E-state index in [1.807, 2.05) is 35.8 Å². The predicted molar refractivity (Wildman–Crippen MR) is 121 cm³/mol. The largest absolute Gasteiger partial charge is 0.444 e. The lowest BCUT2D eigenvalue weighted by molar-refractivity contribution is -0.113.